The van der Waals surface area contributed by atoms with E-state index in [0.717, 1.165) is 58.3 Å². The maximum atomic E-state index is 5.33. The van der Waals surface area contributed by atoms with Gasteiger partial charge in [-0.2, -0.15) is 10.1 Å². The van der Waals surface area contributed by atoms with E-state index in [-0.39, 0.29) is 0 Å². The molecule has 0 aliphatic carbocycles. The number of anilines is 2. The molecule has 1 aliphatic heterocycles. The van der Waals surface area contributed by atoms with Crippen molar-refractivity contribution in [2.24, 2.45) is 0 Å². The predicted octanol–water partition coefficient (Wildman–Crippen LogP) is -0.411. The van der Waals surface area contributed by atoms with Gasteiger partial charge in [-0.05, 0) is 14.1 Å². The lowest BCUT2D eigenvalue weighted by molar-refractivity contribution is 0.0398. The third-order valence-corrected chi connectivity index (χ3v) is 3.24. The number of morpholine rings is 1. The number of rotatable bonds is 8. The quantitative estimate of drug-likeness (QED) is 0.670. The molecule has 1 fully saturated rings. The van der Waals surface area contributed by atoms with E-state index < -0.39 is 0 Å². The van der Waals surface area contributed by atoms with Crippen LogP contribution >= 0.6 is 0 Å². The summed E-state index contributed by atoms with van der Waals surface area (Å²) < 4.78 is 5.33. The number of aromatic nitrogens is 3. The van der Waals surface area contributed by atoms with E-state index in [1.807, 2.05) is 14.1 Å². The summed E-state index contributed by atoms with van der Waals surface area (Å²) in [6.07, 6.45) is 1.65. The van der Waals surface area contributed by atoms with Crippen LogP contribution in [0.15, 0.2) is 6.20 Å². The summed E-state index contributed by atoms with van der Waals surface area (Å²) in [7, 11) is 4.06. The zero-order valence-corrected chi connectivity index (χ0v) is 12.9. The van der Waals surface area contributed by atoms with Crippen molar-refractivity contribution in [1.82, 2.24) is 25.0 Å². The van der Waals surface area contributed by atoms with Gasteiger partial charge in [-0.25, -0.2) is 0 Å². The van der Waals surface area contributed by atoms with Crippen LogP contribution in [0.3, 0.4) is 0 Å². The molecule has 1 saturated heterocycles. The van der Waals surface area contributed by atoms with Gasteiger partial charge in [0.05, 0.1) is 19.4 Å². The van der Waals surface area contributed by atoms with Crippen LogP contribution < -0.4 is 10.6 Å². The van der Waals surface area contributed by atoms with Crippen LogP contribution in [0, 0.1) is 0 Å². The number of likely N-dealkylation sites (N-methyl/N-ethyl adjacent to an activating group) is 1. The van der Waals surface area contributed by atoms with Crippen molar-refractivity contribution in [1.29, 1.82) is 0 Å². The molecule has 0 aromatic carbocycles. The second-order valence-electron chi connectivity index (χ2n) is 5.28. The molecule has 0 atom stereocenters. The normalized spacial score (nSPS) is 16.1. The molecule has 1 aromatic heterocycles. The lowest BCUT2D eigenvalue weighted by Crippen LogP contribution is -2.39. The van der Waals surface area contributed by atoms with Crippen molar-refractivity contribution in [3.63, 3.8) is 0 Å². The van der Waals surface area contributed by atoms with Crippen molar-refractivity contribution in [2.45, 2.75) is 0 Å². The fourth-order valence-electron chi connectivity index (χ4n) is 2.02. The van der Waals surface area contributed by atoms with Crippen LogP contribution in [0.1, 0.15) is 0 Å². The highest BCUT2D eigenvalue weighted by molar-refractivity contribution is 5.36. The molecule has 8 nitrogen and oxygen atoms in total. The van der Waals surface area contributed by atoms with Crippen LogP contribution in [0.2, 0.25) is 0 Å². The standard InChI is InChI=1S/C13H25N7O/c1-19(2)5-3-15-13-17-12(11-16-18-13)14-4-6-20-7-9-21-10-8-20/h11H,3-10H2,1-2H3,(H2,14,15,17,18). The Bertz CT molecular complexity index is 409. The lowest BCUT2D eigenvalue weighted by atomic mass is 10.4. The fourth-order valence-corrected chi connectivity index (χ4v) is 2.02. The number of ether oxygens (including phenoxy) is 1. The summed E-state index contributed by atoms with van der Waals surface area (Å²) in [5.74, 6) is 1.32. The van der Waals surface area contributed by atoms with Gasteiger partial charge in [-0.3, -0.25) is 4.90 Å². The summed E-state index contributed by atoms with van der Waals surface area (Å²) in [5, 5.41) is 14.4. The SMILES string of the molecule is CN(C)CCNc1nncc(NCCN2CCOCC2)n1. The van der Waals surface area contributed by atoms with Crippen molar-refractivity contribution in [3.05, 3.63) is 6.20 Å². The largest absolute Gasteiger partial charge is 0.379 e. The minimum atomic E-state index is 0.563. The molecule has 21 heavy (non-hydrogen) atoms. The van der Waals surface area contributed by atoms with Crippen LogP contribution in [-0.4, -0.2) is 91.6 Å². The summed E-state index contributed by atoms with van der Waals surface area (Å²) in [6, 6.07) is 0. The maximum Gasteiger partial charge on any atom is 0.244 e. The first kappa shape index (κ1) is 15.9. The Morgan fingerprint density at radius 2 is 2.05 bits per heavy atom. The first-order chi connectivity index (χ1) is 10.2. The lowest BCUT2D eigenvalue weighted by Gasteiger charge is -2.26. The third kappa shape index (κ3) is 6.19. The Labute approximate surface area is 125 Å². The molecule has 118 valence electrons. The van der Waals surface area contributed by atoms with E-state index in [9.17, 15) is 0 Å². The van der Waals surface area contributed by atoms with Gasteiger partial charge in [-0.15, -0.1) is 5.10 Å². The Morgan fingerprint density at radius 3 is 2.81 bits per heavy atom. The highest BCUT2D eigenvalue weighted by Crippen LogP contribution is 2.03. The van der Waals surface area contributed by atoms with E-state index in [4.69, 9.17) is 4.74 Å². The van der Waals surface area contributed by atoms with Gasteiger partial charge in [-0.1, -0.05) is 0 Å². The van der Waals surface area contributed by atoms with E-state index in [2.05, 4.69) is 35.6 Å². The minimum Gasteiger partial charge on any atom is -0.379 e. The molecule has 8 heteroatoms. The topological polar surface area (TPSA) is 78.4 Å². The summed E-state index contributed by atoms with van der Waals surface area (Å²) >= 11 is 0. The highest BCUT2D eigenvalue weighted by Gasteiger charge is 2.09. The molecule has 0 spiro atoms. The molecular weight excluding hydrogens is 270 g/mol. The number of nitrogens with zero attached hydrogens (tertiary/aromatic N) is 5. The first-order valence-corrected chi connectivity index (χ1v) is 7.36. The molecular formula is C13H25N7O. The highest BCUT2D eigenvalue weighted by atomic mass is 16.5. The van der Waals surface area contributed by atoms with E-state index >= 15 is 0 Å². The van der Waals surface area contributed by atoms with Gasteiger partial charge in [0.25, 0.3) is 0 Å². The summed E-state index contributed by atoms with van der Waals surface area (Å²) in [6.45, 7) is 7.21. The molecule has 0 amide bonds. The van der Waals surface area contributed by atoms with Gasteiger partial charge < -0.3 is 20.3 Å². The second kappa shape index (κ2) is 8.71. The zero-order chi connectivity index (χ0) is 14.9. The molecule has 2 N–H and O–H groups in total. The average molecular weight is 295 g/mol. The van der Waals surface area contributed by atoms with Crippen molar-refractivity contribution >= 4 is 11.8 Å². The molecule has 0 saturated carbocycles. The van der Waals surface area contributed by atoms with Crippen LogP contribution in [0.5, 0.6) is 0 Å². The van der Waals surface area contributed by atoms with Gasteiger partial charge in [0.15, 0.2) is 5.82 Å². The average Bonchev–Trinajstić information content (AvgIpc) is 2.48. The zero-order valence-electron chi connectivity index (χ0n) is 12.9. The Balaban J connectivity index is 1.70. The van der Waals surface area contributed by atoms with Gasteiger partial charge in [0.2, 0.25) is 5.95 Å². The Kier molecular flexibility index (Phi) is 6.58. The maximum absolute atomic E-state index is 5.33. The monoisotopic (exact) mass is 295 g/mol. The summed E-state index contributed by atoms with van der Waals surface area (Å²) in [4.78, 5) is 8.87. The first-order valence-electron chi connectivity index (χ1n) is 7.36. The van der Waals surface area contributed by atoms with Gasteiger partial charge in [0, 0.05) is 39.3 Å². The van der Waals surface area contributed by atoms with Crippen LogP contribution in [0.4, 0.5) is 11.8 Å². The second-order valence-corrected chi connectivity index (χ2v) is 5.28. The van der Waals surface area contributed by atoms with Crippen molar-refractivity contribution in [3.8, 4) is 0 Å². The molecule has 2 heterocycles. The minimum absolute atomic E-state index is 0.563. The summed E-state index contributed by atoms with van der Waals surface area (Å²) in [5.41, 5.74) is 0. The Morgan fingerprint density at radius 1 is 1.24 bits per heavy atom. The van der Waals surface area contributed by atoms with E-state index in [1.165, 1.54) is 0 Å². The molecule has 0 radical (unpaired) electrons. The van der Waals surface area contributed by atoms with Gasteiger partial charge >= 0.3 is 0 Å². The van der Waals surface area contributed by atoms with Crippen molar-refractivity contribution in [2.75, 3.05) is 77.2 Å². The Hall–Kier alpha value is -1.51. The van der Waals surface area contributed by atoms with E-state index in [0.29, 0.717) is 5.95 Å². The predicted molar refractivity (Wildman–Crippen MR) is 82.6 cm³/mol. The fraction of sp³-hybridized carbons (Fsp3) is 0.769. The molecule has 1 aromatic rings. The van der Waals surface area contributed by atoms with E-state index in [1.54, 1.807) is 6.20 Å². The van der Waals surface area contributed by atoms with Crippen LogP contribution in [-0.2, 0) is 4.74 Å². The molecule has 0 bridgehead atoms. The third-order valence-electron chi connectivity index (χ3n) is 3.24. The smallest absolute Gasteiger partial charge is 0.244 e. The molecule has 1 aliphatic rings. The van der Waals surface area contributed by atoms with Crippen molar-refractivity contribution < 1.29 is 4.74 Å². The number of hydrogen-bond acceptors (Lipinski definition) is 8. The molecule has 0 unspecified atom stereocenters. The molecule has 2 rings (SSSR count). The van der Waals surface area contributed by atoms with Gasteiger partial charge in [0.1, 0.15) is 0 Å². The number of hydrogen-bond donors (Lipinski definition) is 2. The van der Waals surface area contributed by atoms with Crippen LogP contribution in [0.25, 0.3) is 0 Å². The number of nitrogens with one attached hydrogen (secondary N) is 2.